The topological polar surface area (TPSA) is 74.5 Å². The first-order valence-corrected chi connectivity index (χ1v) is 11.3. The number of halogens is 4. The largest absolute Gasteiger partial charge is 0.416 e. The SMILES string of the molecule is CN1CCN(c2ccc(C(F)(F)F)cc2NC(=O)CSc2nnc(-c3cccc(F)c3)o2)CC1. The van der Waals surface area contributed by atoms with Gasteiger partial charge in [-0.25, -0.2) is 4.39 Å². The first kappa shape index (κ1) is 24.0. The molecule has 1 saturated heterocycles. The second-order valence-corrected chi connectivity index (χ2v) is 8.67. The van der Waals surface area contributed by atoms with Gasteiger partial charge in [0.25, 0.3) is 5.22 Å². The van der Waals surface area contributed by atoms with Crippen LogP contribution in [-0.2, 0) is 11.0 Å². The minimum Gasteiger partial charge on any atom is -0.411 e. The van der Waals surface area contributed by atoms with E-state index in [-0.39, 0.29) is 22.6 Å². The van der Waals surface area contributed by atoms with E-state index in [2.05, 4.69) is 20.4 Å². The van der Waals surface area contributed by atoms with Gasteiger partial charge in [-0.05, 0) is 43.4 Å². The number of aromatic nitrogens is 2. The minimum atomic E-state index is -4.54. The van der Waals surface area contributed by atoms with Gasteiger partial charge in [-0.1, -0.05) is 17.8 Å². The molecule has 0 saturated carbocycles. The van der Waals surface area contributed by atoms with Crippen molar-refractivity contribution in [2.45, 2.75) is 11.4 Å². The smallest absolute Gasteiger partial charge is 0.411 e. The standard InChI is InChI=1S/C22H21F4N5O2S/c1-30-7-9-31(10-8-30)18-6-5-15(22(24,25)26)12-17(18)27-19(32)13-34-21-29-28-20(33-21)14-3-2-4-16(23)11-14/h2-6,11-12H,7-10,13H2,1H3,(H,27,32). The molecule has 1 amide bonds. The number of benzene rings is 2. The summed E-state index contributed by atoms with van der Waals surface area (Å²) in [6, 6.07) is 8.98. The normalized spacial score (nSPS) is 14.9. The second kappa shape index (κ2) is 10.0. The predicted molar refractivity (Wildman–Crippen MR) is 120 cm³/mol. The van der Waals surface area contributed by atoms with Crippen LogP contribution in [0, 0.1) is 5.82 Å². The Kier molecular flexibility index (Phi) is 7.08. The Morgan fingerprint density at radius 2 is 1.88 bits per heavy atom. The number of rotatable bonds is 6. The highest BCUT2D eigenvalue weighted by molar-refractivity contribution is 7.99. The summed E-state index contributed by atoms with van der Waals surface area (Å²) in [5.74, 6) is -1.05. The summed E-state index contributed by atoms with van der Waals surface area (Å²) in [4.78, 5) is 16.6. The molecule has 4 rings (SSSR count). The molecule has 1 aromatic heterocycles. The van der Waals surface area contributed by atoms with Crippen LogP contribution >= 0.6 is 11.8 Å². The maximum atomic E-state index is 13.4. The quantitative estimate of drug-likeness (QED) is 0.402. The van der Waals surface area contributed by atoms with Gasteiger partial charge in [-0.2, -0.15) is 13.2 Å². The first-order valence-electron chi connectivity index (χ1n) is 10.4. The number of hydrogen-bond acceptors (Lipinski definition) is 7. The number of anilines is 2. The van der Waals surface area contributed by atoms with Gasteiger partial charge < -0.3 is 19.5 Å². The summed E-state index contributed by atoms with van der Waals surface area (Å²) < 4.78 is 58.7. The number of carbonyl (C=O) groups excluding carboxylic acids is 1. The van der Waals surface area contributed by atoms with E-state index in [0.29, 0.717) is 24.3 Å². The van der Waals surface area contributed by atoms with Crippen LogP contribution in [-0.4, -0.2) is 60.0 Å². The molecule has 0 atom stereocenters. The minimum absolute atomic E-state index is 0.0812. The van der Waals surface area contributed by atoms with Crippen LogP contribution in [0.3, 0.4) is 0 Å². The fraction of sp³-hybridized carbons (Fsp3) is 0.318. The van der Waals surface area contributed by atoms with E-state index in [9.17, 15) is 22.4 Å². The van der Waals surface area contributed by atoms with Crippen molar-refractivity contribution in [1.29, 1.82) is 0 Å². The number of thioether (sulfide) groups is 1. The molecule has 180 valence electrons. The zero-order valence-electron chi connectivity index (χ0n) is 18.1. The molecule has 0 spiro atoms. The van der Waals surface area contributed by atoms with Crippen molar-refractivity contribution in [1.82, 2.24) is 15.1 Å². The number of carbonyl (C=O) groups is 1. The van der Waals surface area contributed by atoms with Gasteiger partial charge in [-0.15, -0.1) is 10.2 Å². The van der Waals surface area contributed by atoms with Gasteiger partial charge in [0.15, 0.2) is 0 Å². The molecule has 1 fully saturated rings. The summed E-state index contributed by atoms with van der Waals surface area (Å²) in [7, 11) is 1.97. The molecule has 1 aliphatic heterocycles. The molecule has 1 N–H and O–H groups in total. The van der Waals surface area contributed by atoms with Crippen LogP contribution in [0.1, 0.15) is 5.56 Å². The van der Waals surface area contributed by atoms with Crippen molar-refractivity contribution in [3.63, 3.8) is 0 Å². The van der Waals surface area contributed by atoms with E-state index in [1.165, 1.54) is 24.3 Å². The Hall–Kier alpha value is -3.12. The maximum Gasteiger partial charge on any atom is 0.416 e. The van der Waals surface area contributed by atoms with Crippen LogP contribution in [0.2, 0.25) is 0 Å². The van der Waals surface area contributed by atoms with Crippen molar-refractivity contribution < 1.29 is 26.8 Å². The summed E-state index contributed by atoms with van der Waals surface area (Å²) in [5, 5.41) is 10.3. The first-order chi connectivity index (χ1) is 16.2. The lowest BCUT2D eigenvalue weighted by molar-refractivity contribution is -0.137. The lowest BCUT2D eigenvalue weighted by atomic mass is 10.1. The van der Waals surface area contributed by atoms with Crippen molar-refractivity contribution in [2.75, 3.05) is 49.2 Å². The zero-order chi connectivity index (χ0) is 24.3. The molecule has 0 aliphatic carbocycles. The van der Waals surface area contributed by atoms with Crippen LogP contribution in [0.15, 0.2) is 52.1 Å². The maximum absolute atomic E-state index is 13.4. The molecule has 0 unspecified atom stereocenters. The molecule has 2 heterocycles. The number of nitrogens with one attached hydrogen (secondary N) is 1. The van der Waals surface area contributed by atoms with Gasteiger partial charge in [-0.3, -0.25) is 4.79 Å². The molecule has 0 bridgehead atoms. The zero-order valence-corrected chi connectivity index (χ0v) is 18.9. The monoisotopic (exact) mass is 495 g/mol. The van der Waals surface area contributed by atoms with Crippen molar-refractivity contribution in [3.05, 3.63) is 53.8 Å². The number of piperazine rings is 1. The number of amides is 1. The highest BCUT2D eigenvalue weighted by Gasteiger charge is 2.32. The van der Waals surface area contributed by atoms with Crippen molar-refractivity contribution in [3.8, 4) is 11.5 Å². The van der Waals surface area contributed by atoms with Gasteiger partial charge in [0.1, 0.15) is 5.82 Å². The van der Waals surface area contributed by atoms with Crippen LogP contribution in [0.25, 0.3) is 11.5 Å². The Labute approximate surface area is 197 Å². The van der Waals surface area contributed by atoms with E-state index < -0.39 is 23.5 Å². The second-order valence-electron chi connectivity index (χ2n) is 7.74. The van der Waals surface area contributed by atoms with Crippen LogP contribution in [0.5, 0.6) is 0 Å². The third-order valence-electron chi connectivity index (χ3n) is 5.25. The molecule has 0 radical (unpaired) electrons. The lowest BCUT2D eigenvalue weighted by Crippen LogP contribution is -2.44. The van der Waals surface area contributed by atoms with Gasteiger partial charge >= 0.3 is 6.18 Å². The molecule has 7 nitrogen and oxygen atoms in total. The highest BCUT2D eigenvalue weighted by Crippen LogP contribution is 2.36. The number of nitrogens with zero attached hydrogens (tertiary/aromatic N) is 4. The molecule has 1 aliphatic rings. The Bertz CT molecular complexity index is 1160. The molecular weight excluding hydrogens is 474 g/mol. The summed E-state index contributed by atoms with van der Waals surface area (Å²) in [6.07, 6.45) is -4.54. The third-order valence-corrected chi connectivity index (χ3v) is 6.07. The third kappa shape index (κ3) is 5.86. The van der Waals surface area contributed by atoms with E-state index >= 15 is 0 Å². The molecule has 34 heavy (non-hydrogen) atoms. The van der Waals surface area contributed by atoms with Crippen LogP contribution < -0.4 is 10.2 Å². The fourth-order valence-corrected chi connectivity index (χ4v) is 4.02. The number of hydrogen-bond donors (Lipinski definition) is 1. The van der Waals surface area contributed by atoms with E-state index in [1.54, 1.807) is 6.07 Å². The summed E-state index contributed by atoms with van der Waals surface area (Å²) >= 11 is 0.930. The molecular formula is C22H21F4N5O2S. The van der Waals surface area contributed by atoms with Gasteiger partial charge in [0, 0.05) is 31.7 Å². The fourth-order valence-electron chi connectivity index (χ4n) is 3.46. The lowest BCUT2D eigenvalue weighted by Gasteiger charge is -2.35. The number of alkyl halides is 3. The molecule has 3 aromatic rings. The average Bonchev–Trinajstić information content (AvgIpc) is 3.27. The van der Waals surface area contributed by atoms with Gasteiger partial charge in [0.05, 0.1) is 22.7 Å². The van der Waals surface area contributed by atoms with E-state index in [1.807, 2.05) is 11.9 Å². The number of likely N-dealkylation sites (N-methyl/N-ethyl adjacent to an activating group) is 1. The van der Waals surface area contributed by atoms with E-state index in [4.69, 9.17) is 4.42 Å². The molecule has 2 aromatic carbocycles. The van der Waals surface area contributed by atoms with Crippen molar-refractivity contribution >= 4 is 29.0 Å². The highest BCUT2D eigenvalue weighted by atomic mass is 32.2. The Morgan fingerprint density at radius 1 is 1.12 bits per heavy atom. The molecule has 12 heteroatoms. The van der Waals surface area contributed by atoms with E-state index in [0.717, 1.165) is 37.0 Å². The van der Waals surface area contributed by atoms with Gasteiger partial charge in [0.2, 0.25) is 11.8 Å². The predicted octanol–water partition coefficient (Wildman–Crippen LogP) is 4.38. The van der Waals surface area contributed by atoms with Crippen molar-refractivity contribution in [2.24, 2.45) is 0 Å². The summed E-state index contributed by atoms with van der Waals surface area (Å²) in [6.45, 7) is 2.78. The Balaban J connectivity index is 1.45. The van der Waals surface area contributed by atoms with Crippen LogP contribution in [0.4, 0.5) is 28.9 Å². The Morgan fingerprint density at radius 3 is 2.59 bits per heavy atom. The summed E-state index contributed by atoms with van der Waals surface area (Å²) in [5.41, 5.74) is 0.177. The average molecular weight is 496 g/mol.